The van der Waals surface area contributed by atoms with E-state index in [4.69, 9.17) is 5.73 Å². The molecule has 4 nitrogen and oxygen atoms in total. The molecule has 0 saturated heterocycles. The lowest BCUT2D eigenvalue weighted by molar-refractivity contribution is 0.688. The van der Waals surface area contributed by atoms with Crippen LogP contribution in [0.1, 0.15) is 50.0 Å². The zero-order valence-corrected chi connectivity index (χ0v) is 11.5. The van der Waals surface area contributed by atoms with Gasteiger partial charge in [-0.05, 0) is 24.3 Å². The van der Waals surface area contributed by atoms with Crippen molar-refractivity contribution in [2.45, 2.75) is 45.2 Å². The van der Waals surface area contributed by atoms with Crippen molar-refractivity contribution >= 4 is 0 Å². The minimum atomic E-state index is 0.452. The monoisotopic (exact) mass is 256 g/mol. The second-order valence-corrected chi connectivity index (χ2v) is 5.52. The Morgan fingerprint density at radius 1 is 1.21 bits per heavy atom. The van der Waals surface area contributed by atoms with Gasteiger partial charge in [-0.25, -0.2) is 0 Å². The Bertz CT molecular complexity index is 564. The maximum Gasteiger partial charge on any atom is 0.164 e. The summed E-state index contributed by atoms with van der Waals surface area (Å²) in [5.41, 5.74) is 8.22. The van der Waals surface area contributed by atoms with Gasteiger partial charge >= 0.3 is 0 Å². The molecule has 2 N–H and O–H groups in total. The highest BCUT2D eigenvalue weighted by molar-refractivity contribution is 5.56. The minimum absolute atomic E-state index is 0.452. The highest BCUT2D eigenvalue weighted by Gasteiger charge is 2.29. The average molecular weight is 256 g/mol. The van der Waals surface area contributed by atoms with Crippen LogP contribution in [0.25, 0.3) is 11.4 Å². The van der Waals surface area contributed by atoms with Crippen molar-refractivity contribution in [1.82, 2.24) is 14.8 Å². The van der Waals surface area contributed by atoms with Gasteiger partial charge in [-0.3, -0.25) is 0 Å². The second kappa shape index (κ2) is 4.78. The summed E-state index contributed by atoms with van der Waals surface area (Å²) in [5, 5.41) is 8.54. The van der Waals surface area contributed by atoms with Crippen molar-refractivity contribution in [3.8, 4) is 11.4 Å². The molecule has 0 bridgehead atoms. The van der Waals surface area contributed by atoms with Crippen molar-refractivity contribution in [2.24, 2.45) is 5.73 Å². The second-order valence-electron chi connectivity index (χ2n) is 5.52. The number of benzene rings is 1. The first-order valence-corrected chi connectivity index (χ1v) is 6.95. The normalized spacial score (nSPS) is 15.2. The topological polar surface area (TPSA) is 56.7 Å². The van der Waals surface area contributed by atoms with E-state index in [9.17, 15) is 0 Å². The summed E-state index contributed by atoms with van der Waals surface area (Å²) in [4.78, 5) is 0. The van der Waals surface area contributed by atoms with Gasteiger partial charge in [-0.15, -0.1) is 10.2 Å². The van der Waals surface area contributed by atoms with Gasteiger partial charge < -0.3 is 10.3 Å². The molecule has 1 aliphatic carbocycles. The van der Waals surface area contributed by atoms with Crippen LogP contribution in [-0.4, -0.2) is 14.8 Å². The Morgan fingerprint density at radius 2 is 1.89 bits per heavy atom. The fourth-order valence-electron chi connectivity index (χ4n) is 2.39. The summed E-state index contributed by atoms with van der Waals surface area (Å²) in [6.45, 7) is 4.86. The molecule has 3 rings (SSSR count). The first-order valence-electron chi connectivity index (χ1n) is 6.95. The maximum absolute atomic E-state index is 5.75. The van der Waals surface area contributed by atoms with E-state index in [2.05, 4.69) is 52.9 Å². The summed E-state index contributed by atoms with van der Waals surface area (Å²) in [7, 11) is 0. The Balaban J connectivity index is 1.99. The van der Waals surface area contributed by atoms with Crippen molar-refractivity contribution < 1.29 is 0 Å². The van der Waals surface area contributed by atoms with E-state index in [1.54, 1.807) is 0 Å². The van der Waals surface area contributed by atoms with Gasteiger partial charge in [-0.2, -0.15) is 0 Å². The van der Waals surface area contributed by atoms with Crippen LogP contribution in [-0.2, 0) is 6.54 Å². The Hall–Kier alpha value is -1.68. The number of rotatable bonds is 4. The molecule has 0 radical (unpaired) electrons. The molecule has 1 saturated carbocycles. The molecule has 1 aromatic heterocycles. The average Bonchev–Trinajstić information content (AvgIpc) is 3.17. The van der Waals surface area contributed by atoms with Crippen LogP contribution in [0, 0.1) is 0 Å². The third-order valence-electron chi connectivity index (χ3n) is 3.70. The molecule has 0 unspecified atom stereocenters. The molecule has 100 valence electrons. The van der Waals surface area contributed by atoms with Gasteiger partial charge in [0, 0.05) is 11.6 Å². The van der Waals surface area contributed by atoms with E-state index in [1.165, 1.54) is 18.4 Å². The molecular weight excluding hydrogens is 236 g/mol. The predicted octanol–water partition coefficient (Wildman–Crippen LogP) is 2.86. The smallest absolute Gasteiger partial charge is 0.164 e. The lowest BCUT2D eigenvalue weighted by Crippen LogP contribution is -2.08. The third kappa shape index (κ3) is 2.28. The molecule has 0 amide bonds. The molecule has 1 heterocycles. The highest BCUT2D eigenvalue weighted by Crippen LogP contribution is 2.38. The fraction of sp³-hybridized carbons (Fsp3) is 0.467. The van der Waals surface area contributed by atoms with Gasteiger partial charge in [-0.1, -0.05) is 38.1 Å². The van der Waals surface area contributed by atoms with Gasteiger partial charge in [0.1, 0.15) is 5.82 Å². The first-order chi connectivity index (χ1) is 9.20. The molecule has 0 spiro atoms. The standard InChI is InChI=1S/C15H20N4/c1-10(2)11-3-5-12(6-4-11)15-18-17-14(9-16)19(15)13-7-8-13/h3-6,10,13H,7-9,16H2,1-2H3. The van der Waals surface area contributed by atoms with Gasteiger partial charge in [0.25, 0.3) is 0 Å². The van der Waals surface area contributed by atoms with Crippen LogP contribution < -0.4 is 5.73 Å². The summed E-state index contributed by atoms with van der Waals surface area (Å²) in [6, 6.07) is 9.17. The summed E-state index contributed by atoms with van der Waals surface area (Å²) < 4.78 is 2.21. The lowest BCUT2D eigenvalue weighted by atomic mass is 10.0. The van der Waals surface area contributed by atoms with Crippen molar-refractivity contribution in [3.05, 3.63) is 35.7 Å². The van der Waals surface area contributed by atoms with Crippen LogP contribution >= 0.6 is 0 Å². The van der Waals surface area contributed by atoms with Crippen LogP contribution in [0.2, 0.25) is 0 Å². The zero-order valence-electron chi connectivity index (χ0n) is 11.5. The van der Waals surface area contributed by atoms with E-state index in [0.29, 0.717) is 18.5 Å². The molecule has 2 aromatic rings. The summed E-state index contributed by atoms with van der Waals surface area (Å²) in [6.07, 6.45) is 2.42. The predicted molar refractivity (Wildman–Crippen MR) is 75.7 cm³/mol. The summed E-state index contributed by atoms with van der Waals surface area (Å²) in [5.74, 6) is 2.40. The molecule has 1 aliphatic rings. The van der Waals surface area contributed by atoms with Crippen LogP contribution in [0.3, 0.4) is 0 Å². The largest absolute Gasteiger partial charge is 0.324 e. The number of aromatic nitrogens is 3. The molecule has 1 aromatic carbocycles. The van der Waals surface area contributed by atoms with Crippen LogP contribution in [0.4, 0.5) is 0 Å². The Morgan fingerprint density at radius 3 is 2.42 bits per heavy atom. The number of nitrogens with zero attached hydrogens (tertiary/aromatic N) is 3. The van der Waals surface area contributed by atoms with Crippen molar-refractivity contribution in [2.75, 3.05) is 0 Å². The molecule has 0 aliphatic heterocycles. The quantitative estimate of drug-likeness (QED) is 0.915. The highest BCUT2D eigenvalue weighted by atomic mass is 15.3. The van der Waals surface area contributed by atoms with Crippen LogP contribution in [0.5, 0.6) is 0 Å². The third-order valence-corrected chi connectivity index (χ3v) is 3.70. The first kappa shape index (κ1) is 12.4. The molecule has 1 fully saturated rings. The molecule has 19 heavy (non-hydrogen) atoms. The van der Waals surface area contributed by atoms with Gasteiger partial charge in [0.05, 0.1) is 6.54 Å². The van der Waals surface area contributed by atoms with E-state index in [0.717, 1.165) is 17.2 Å². The fourth-order valence-corrected chi connectivity index (χ4v) is 2.39. The molecule has 0 atom stereocenters. The zero-order chi connectivity index (χ0) is 13.4. The summed E-state index contributed by atoms with van der Waals surface area (Å²) >= 11 is 0. The maximum atomic E-state index is 5.75. The van der Waals surface area contributed by atoms with Crippen LogP contribution in [0.15, 0.2) is 24.3 Å². The minimum Gasteiger partial charge on any atom is -0.324 e. The SMILES string of the molecule is CC(C)c1ccc(-c2nnc(CN)n2C2CC2)cc1. The van der Waals surface area contributed by atoms with E-state index in [1.807, 2.05) is 0 Å². The number of hydrogen-bond acceptors (Lipinski definition) is 3. The van der Waals surface area contributed by atoms with Gasteiger partial charge in [0.2, 0.25) is 0 Å². The lowest BCUT2D eigenvalue weighted by Gasteiger charge is -2.09. The van der Waals surface area contributed by atoms with Crippen molar-refractivity contribution in [1.29, 1.82) is 0 Å². The Labute approximate surface area is 113 Å². The van der Waals surface area contributed by atoms with Gasteiger partial charge in [0.15, 0.2) is 5.82 Å². The molecule has 4 heteroatoms. The molecular formula is C15H20N4. The van der Waals surface area contributed by atoms with E-state index in [-0.39, 0.29) is 0 Å². The van der Waals surface area contributed by atoms with E-state index < -0.39 is 0 Å². The number of hydrogen-bond donors (Lipinski definition) is 1. The Kier molecular flexibility index (Phi) is 3.11. The number of nitrogens with two attached hydrogens (primary N) is 1. The van der Waals surface area contributed by atoms with E-state index >= 15 is 0 Å². The van der Waals surface area contributed by atoms with Crippen molar-refractivity contribution in [3.63, 3.8) is 0 Å².